The third-order valence-corrected chi connectivity index (χ3v) is 5.07. The lowest BCUT2D eigenvalue weighted by Gasteiger charge is -2.38. The summed E-state index contributed by atoms with van der Waals surface area (Å²) in [6.07, 6.45) is 1.28. The maximum absolute atomic E-state index is 13.4. The molecule has 1 heterocycles. The lowest BCUT2D eigenvalue weighted by molar-refractivity contribution is -0.120. The number of nitrogens with one attached hydrogen (secondary N) is 1. The molecule has 6 heteroatoms. The number of benzene rings is 2. The Labute approximate surface area is 157 Å². The lowest BCUT2D eigenvalue weighted by atomic mass is 9.84. The molecule has 1 amide bonds. The van der Waals surface area contributed by atoms with Gasteiger partial charge in [0.1, 0.15) is 11.6 Å². The maximum Gasteiger partial charge on any atom is 0.224 e. The van der Waals surface area contributed by atoms with Crippen LogP contribution in [0.4, 0.5) is 8.78 Å². The largest absolute Gasteiger partial charge is 0.385 e. The van der Waals surface area contributed by atoms with Gasteiger partial charge in [-0.15, -0.1) is 0 Å². The van der Waals surface area contributed by atoms with E-state index >= 15 is 0 Å². The molecule has 0 spiro atoms. The van der Waals surface area contributed by atoms with E-state index in [9.17, 15) is 18.7 Å². The van der Waals surface area contributed by atoms with Gasteiger partial charge in [0.2, 0.25) is 5.91 Å². The van der Waals surface area contributed by atoms with Crippen LogP contribution in [0.15, 0.2) is 48.5 Å². The summed E-state index contributed by atoms with van der Waals surface area (Å²) in [6.45, 7) is 2.56. The number of rotatable bonds is 6. The van der Waals surface area contributed by atoms with Crippen molar-refractivity contribution < 1.29 is 18.7 Å². The molecule has 0 aliphatic carbocycles. The molecule has 0 radical (unpaired) electrons. The average molecular weight is 374 g/mol. The maximum atomic E-state index is 13.4. The molecule has 0 bridgehead atoms. The number of nitrogens with zero attached hydrogens (tertiary/aromatic N) is 1. The molecule has 0 atom stereocenters. The first kappa shape index (κ1) is 19.5. The van der Waals surface area contributed by atoms with E-state index in [1.54, 1.807) is 24.3 Å². The molecule has 2 N–H and O–H groups in total. The number of hydrogen-bond acceptors (Lipinski definition) is 3. The van der Waals surface area contributed by atoms with E-state index in [2.05, 4.69) is 10.2 Å². The fraction of sp³-hybridized carbons (Fsp3) is 0.381. The van der Waals surface area contributed by atoms with Crippen molar-refractivity contribution >= 4 is 5.91 Å². The number of piperidine rings is 1. The van der Waals surface area contributed by atoms with Crippen LogP contribution >= 0.6 is 0 Å². The molecule has 1 fully saturated rings. The number of likely N-dealkylation sites (tertiary alicyclic amines) is 1. The van der Waals surface area contributed by atoms with Gasteiger partial charge in [0, 0.05) is 26.2 Å². The van der Waals surface area contributed by atoms with E-state index in [-0.39, 0.29) is 24.0 Å². The minimum atomic E-state index is -0.996. The third kappa shape index (κ3) is 5.34. The summed E-state index contributed by atoms with van der Waals surface area (Å²) in [5, 5.41) is 13.7. The van der Waals surface area contributed by atoms with E-state index in [0.29, 0.717) is 44.6 Å². The second kappa shape index (κ2) is 8.59. The van der Waals surface area contributed by atoms with Crippen molar-refractivity contribution in [3.63, 3.8) is 0 Å². The van der Waals surface area contributed by atoms with Crippen molar-refractivity contribution in [1.82, 2.24) is 10.2 Å². The summed E-state index contributed by atoms with van der Waals surface area (Å²) in [7, 11) is 0. The standard InChI is InChI=1S/C21H24F2N2O2/c22-18-6-4-16(5-7-18)14-20(26)24-10-13-25-11-8-21(27,9-12-25)17-2-1-3-19(23)15-17/h1-7,15,27H,8-14H2,(H,24,26). The first-order chi connectivity index (χ1) is 12.9. The van der Waals surface area contributed by atoms with Gasteiger partial charge in [-0.2, -0.15) is 0 Å². The van der Waals surface area contributed by atoms with Gasteiger partial charge in [0.05, 0.1) is 12.0 Å². The summed E-state index contributed by atoms with van der Waals surface area (Å²) < 4.78 is 26.3. The van der Waals surface area contributed by atoms with Gasteiger partial charge in [-0.05, 0) is 48.2 Å². The van der Waals surface area contributed by atoms with E-state index < -0.39 is 5.60 Å². The monoisotopic (exact) mass is 374 g/mol. The van der Waals surface area contributed by atoms with Crippen LogP contribution in [0.1, 0.15) is 24.0 Å². The number of carbonyl (C=O) groups excluding carboxylic acids is 1. The zero-order valence-electron chi connectivity index (χ0n) is 15.1. The summed E-state index contributed by atoms with van der Waals surface area (Å²) in [4.78, 5) is 14.1. The molecule has 27 heavy (non-hydrogen) atoms. The quantitative estimate of drug-likeness (QED) is 0.817. The van der Waals surface area contributed by atoms with Gasteiger partial charge >= 0.3 is 0 Å². The number of carbonyl (C=O) groups is 1. The molecule has 2 aromatic carbocycles. The van der Waals surface area contributed by atoms with E-state index in [1.807, 2.05) is 0 Å². The Kier molecular flexibility index (Phi) is 6.19. The molecule has 1 aliphatic rings. The molecule has 0 aromatic heterocycles. The van der Waals surface area contributed by atoms with E-state index in [1.165, 1.54) is 24.3 Å². The predicted molar refractivity (Wildman–Crippen MR) is 99.1 cm³/mol. The van der Waals surface area contributed by atoms with Crippen LogP contribution in [0, 0.1) is 11.6 Å². The summed E-state index contributed by atoms with van der Waals surface area (Å²) in [6, 6.07) is 12.0. The fourth-order valence-electron chi connectivity index (χ4n) is 3.42. The van der Waals surface area contributed by atoms with E-state index in [4.69, 9.17) is 0 Å². The van der Waals surface area contributed by atoms with Crippen molar-refractivity contribution in [3.8, 4) is 0 Å². The van der Waals surface area contributed by atoms with E-state index in [0.717, 1.165) is 5.56 Å². The molecule has 1 saturated heterocycles. The highest BCUT2D eigenvalue weighted by Gasteiger charge is 2.33. The molecule has 3 rings (SSSR count). The molecular formula is C21H24F2N2O2. The lowest BCUT2D eigenvalue weighted by Crippen LogP contribution is -2.45. The zero-order chi connectivity index (χ0) is 19.3. The van der Waals surface area contributed by atoms with Crippen LogP contribution < -0.4 is 5.32 Å². The Bertz CT molecular complexity index is 772. The number of hydrogen-bond donors (Lipinski definition) is 2. The minimum absolute atomic E-state index is 0.102. The van der Waals surface area contributed by atoms with Gasteiger partial charge in [0.25, 0.3) is 0 Å². The molecule has 144 valence electrons. The predicted octanol–water partition coefficient (Wildman–Crippen LogP) is 2.61. The minimum Gasteiger partial charge on any atom is -0.385 e. The molecule has 2 aromatic rings. The van der Waals surface area contributed by atoms with Crippen LogP contribution in [0.3, 0.4) is 0 Å². The molecule has 0 unspecified atom stereocenters. The normalized spacial score (nSPS) is 16.9. The molecule has 4 nitrogen and oxygen atoms in total. The van der Waals surface area contributed by atoms with Crippen LogP contribution in [0.25, 0.3) is 0 Å². The first-order valence-electron chi connectivity index (χ1n) is 9.16. The van der Waals surface area contributed by atoms with Crippen molar-refractivity contribution in [3.05, 3.63) is 71.3 Å². The Morgan fingerprint density at radius 3 is 2.44 bits per heavy atom. The van der Waals surface area contributed by atoms with Crippen LogP contribution in [-0.4, -0.2) is 42.1 Å². The molecule has 1 aliphatic heterocycles. The first-order valence-corrected chi connectivity index (χ1v) is 9.16. The summed E-state index contributed by atoms with van der Waals surface area (Å²) >= 11 is 0. The smallest absolute Gasteiger partial charge is 0.224 e. The Balaban J connectivity index is 1.40. The number of aliphatic hydroxyl groups is 1. The third-order valence-electron chi connectivity index (χ3n) is 5.07. The Morgan fingerprint density at radius 1 is 1.07 bits per heavy atom. The highest BCUT2D eigenvalue weighted by atomic mass is 19.1. The van der Waals surface area contributed by atoms with Gasteiger partial charge < -0.3 is 15.3 Å². The topological polar surface area (TPSA) is 52.6 Å². The Morgan fingerprint density at radius 2 is 1.78 bits per heavy atom. The van der Waals surface area contributed by atoms with Crippen LogP contribution in [-0.2, 0) is 16.8 Å². The van der Waals surface area contributed by atoms with Gasteiger partial charge in [-0.1, -0.05) is 24.3 Å². The number of amides is 1. The second-order valence-electron chi connectivity index (χ2n) is 7.04. The van der Waals surface area contributed by atoms with Crippen LogP contribution in [0.5, 0.6) is 0 Å². The highest BCUT2D eigenvalue weighted by molar-refractivity contribution is 5.78. The number of halogens is 2. The molecular weight excluding hydrogens is 350 g/mol. The van der Waals surface area contributed by atoms with Gasteiger partial charge in [-0.3, -0.25) is 4.79 Å². The fourth-order valence-corrected chi connectivity index (χ4v) is 3.42. The van der Waals surface area contributed by atoms with Crippen molar-refractivity contribution in [2.24, 2.45) is 0 Å². The van der Waals surface area contributed by atoms with Gasteiger partial charge in [0.15, 0.2) is 0 Å². The van der Waals surface area contributed by atoms with Crippen LogP contribution in [0.2, 0.25) is 0 Å². The van der Waals surface area contributed by atoms with Crippen molar-refractivity contribution in [1.29, 1.82) is 0 Å². The highest BCUT2D eigenvalue weighted by Crippen LogP contribution is 2.32. The van der Waals surface area contributed by atoms with Crippen molar-refractivity contribution in [2.45, 2.75) is 24.9 Å². The SMILES string of the molecule is O=C(Cc1ccc(F)cc1)NCCN1CCC(O)(c2cccc(F)c2)CC1. The average Bonchev–Trinajstić information content (AvgIpc) is 2.65. The van der Waals surface area contributed by atoms with Crippen molar-refractivity contribution in [2.75, 3.05) is 26.2 Å². The van der Waals surface area contributed by atoms with Gasteiger partial charge in [-0.25, -0.2) is 8.78 Å². The zero-order valence-corrected chi connectivity index (χ0v) is 15.1. The Hall–Kier alpha value is -2.31. The second-order valence-corrected chi connectivity index (χ2v) is 7.04. The summed E-state index contributed by atoms with van der Waals surface area (Å²) in [5.74, 6) is -0.760. The summed E-state index contributed by atoms with van der Waals surface area (Å²) in [5.41, 5.74) is 0.395. The molecule has 0 saturated carbocycles.